The van der Waals surface area contributed by atoms with Crippen molar-refractivity contribution < 1.29 is 24.3 Å². The zero-order valence-corrected chi connectivity index (χ0v) is 28.8. The molecule has 0 radical (unpaired) electrons. The van der Waals surface area contributed by atoms with Gasteiger partial charge in [-0.25, -0.2) is 0 Å². The molecule has 2 N–H and O–H groups in total. The fraction of sp³-hybridized carbons (Fsp3) is 0.333. The quantitative estimate of drug-likeness (QED) is 0.239. The number of phenolic OH excluding ortho intramolecular Hbond substituents is 1. The van der Waals surface area contributed by atoms with Crippen molar-refractivity contribution in [2.24, 2.45) is 0 Å². The van der Waals surface area contributed by atoms with Crippen molar-refractivity contribution in [2.45, 2.75) is 69.0 Å². The van der Waals surface area contributed by atoms with Crippen LogP contribution in [0.5, 0.6) is 5.75 Å². The second-order valence-electron chi connectivity index (χ2n) is 14.5. The van der Waals surface area contributed by atoms with Gasteiger partial charge in [-0.3, -0.25) is 34.3 Å². The summed E-state index contributed by atoms with van der Waals surface area (Å²) in [5.74, 6) is -1.03. The number of anilines is 1. The first-order chi connectivity index (χ1) is 24.7. The third-order valence-electron chi connectivity index (χ3n) is 11.5. The normalized spacial score (nSPS) is 22.3. The predicted molar refractivity (Wildman–Crippen MR) is 194 cm³/mol. The molecule has 4 aromatic carbocycles. The number of amides is 4. The van der Waals surface area contributed by atoms with Gasteiger partial charge >= 0.3 is 0 Å². The van der Waals surface area contributed by atoms with Crippen molar-refractivity contribution in [1.82, 2.24) is 15.1 Å². The van der Waals surface area contributed by atoms with Crippen molar-refractivity contribution >= 4 is 29.3 Å². The Morgan fingerprint density at radius 2 is 1.51 bits per heavy atom. The second-order valence-corrected chi connectivity index (χ2v) is 14.5. The monoisotopic (exact) mass is 682 g/mol. The number of aromatic hydroxyl groups is 1. The topological polar surface area (TPSA) is 110 Å². The van der Waals surface area contributed by atoms with Crippen molar-refractivity contribution in [3.8, 4) is 5.75 Å². The van der Waals surface area contributed by atoms with Crippen LogP contribution in [0.4, 0.5) is 5.69 Å². The molecule has 0 spiro atoms. The van der Waals surface area contributed by atoms with Crippen LogP contribution < -0.4 is 10.2 Å². The average molecular weight is 683 g/mol. The van der Waals surface area contributed by atoms with E-state index in [0.717, 1.165) is 49.2 Å². The summed E-state index contributed by atoms with van der Waals surface area (Å²) in [5.41, 5.74) is 7.97. The number of phenols is 1. The number of carbonyl (C=O) groups is 4. The largest absolute Gasteiger partial charge is 0.508 e. The molecule has 4 aliphatic rings. The second kappa shape index (κ2) is 13.5. The van der Waals surface area contributed by atoms with Crippen LogP contribution in [0.1, 0.15) is 92.5 Å². The highest BCUT2D eigenvalue weighted by Gasteiger charge is 2.44. The smallest absolute Gasteiger partial charge is 0.262 e. The van der Waals surface area contributed by atoms with Gasteiger partial charge in [-0.05, 0) is 109 Å². The van der Waals surface area contributed by atoms with Crippen molar-refractivity contribution in [1.29, 1.82) is 0 Å². The minimum atomic E-state index is -0.965. The first kappa shape index (κ1) is 32.9. The molecule has 1 unspecified atom stereocenters. The molecule has 0 saturated carbocycles. The third-order valence-corrected chi connectivity index (χ3v) is 11.5. The number of carbonyl (C=O) groups excluding carboxylic acids is 4. The van der Waals surface area contributed by atoms with E-state index >= 15 is 0 Å². The van der Waals surface area contributed by atoms with E-state index in [1.807, 2.05) is 18.2 Å². The van der Waals surface area contributed by atoms with Crippen molar-refractivity contribution in [3.63, 3.8) is 0 Å². The molecule has 3 heterocycles. The molecule has 2 fully saturated rings. The van der Waals surface area contributed by atoms with Gasteiger partial charge in [0.15, 0.2) is 0 Å². The Hall–Kier alpha value is -5.28. The molecule has 4 aromatic rings. The highest BCUT2D eigenvalue weighted by molar-refractivity contribution is 6.23. The minimum Gasteiger partial charge on any atom is -0.508 e. The third kappa shape index (κ3) is 6.20. The van der Waals surface area contributed by atoms with E-state index in [9.17, 15) is 24.3 Å². The molecule has 0 bridgehead atoms. The molecular formula is C42H42N4O5. The lowest BCUT2D eigenvalue weighted by Crippen LogP contribution is -2.54. The first-order valence-electron chi connectivity index (χ1n) is 18.0. The van der Waals surface area contributed by atoms with Gasteiger partial charge in [0.1, 0.15) is 11.8 Å². The minimum absolute atomic E-state index is 0.0986. The summed E-state index contributed by atoms with van der Waals surface area (Å²) in [6.45, 7) is 2.50. The van der Waals surface area contributed by atoms with Gasteiger partial charge in [0.05, 0.1) is 11.1 Å². The Morgan fingerprint density at radius 3 is 2.25 bits per heavy atom. The van der Waals surface area contributed by atoms with Gasteiger partial charge in [0.2, 0.25) is 11.8 Å². The molecule has 260 valence electrons. The summed E-state index contributed by atoms with van der Waals surface area (Å²) in [6, 6.07) is 30.5. The fourth-order valence-corrected chi connectivity index (χ4v) is 8.77. The standard InChI is InChI=1S/C42H42N4O5/c1-44(25-26-7-14-35-36(23-26)42(51)46(41(35)50)37-17-18-38(48)43-40(37)49)30-19-21-45(22-20-30)31-11-8-28(9-12-31)39-33(27-5-3-2-4-6-27)15-10-29-24-32(47)13-16-34(29)39/h2-9,11-14,16,23-24,30,33,37,39,47H,10,15,17-22,25H2,1H3,(H,43,48,49)/t33-,37?,39+/m1/s1. The average Bonchev–Trinajstić information content (AvgIpc) is 3.39. The number of rotatable bonds is 7. The maximum atomic E-state index is 13.3. The summed E-state index contributed by atoms with van der Waals surface area (Å²) in [7, 11) is 2.11. The molecule has 3 aliphatic heterocycles. The Kier molecular flexibility index (Phi) is 8.68. The summed E-state index contributed by atoms with van der Waals surface area (Å²) >= 11 is 0. The Bertz CT molecular complexity index is 2000. The highest BCUT2D eigenvalue weighted by Crippen LogP contribution is 2.47. The Morgan fingerprint density at radius 1 is 0.765 bits per heavy atom. The zero-order chi connectivity index (χ0) is 35.2. The molecular weight excluding hydrogens is 640 g/mol. The lowest BCUT2D eigenvalue weighted by atomic mass is 9.69. The van der Waals surface area contributed by atoms with Gasteiger partial charge in [-0.2, -0.15) is 0 Å². The van der Waals surface area contributed by atoms with Crippen LogP contribution in [-0.2, 0) is 22.6 Å². The van der Waals surface area contributed by atoms with Crippen molar-refractivity contribution in [2.75, 3.05) is 25.0 Å². The lowest BCUT2D eigenvalue weighted by molar-refractivity contribution is -0.136. The van der Waals surface area contributed by atoms with E-state index < -0.39 is 23.8 Å². The zero-order valence-electron chi connectivity index (χ0n) is 28.8. The molecule has 9 nitrogen and oxygen atoms in total. The Balaban J connectivity index is 0.915. The van der Waals surface area contributed by atoms with Gasteiger partial charge in [0, 0.05) is 43.7 Å². The number of hydrogen-bond donors (Lipinski definition) is 2. The molecule has 0 aromatic heterocycles. The predicted octanol–water partition coefficient (Wildman–Crippen LogP) is 5.76. The number of hydrogen-bond acceptors (Lipinski definition) is 7. The van der Waals surface area contributed by atoms with Gasteiger partial charge in [0.25, 0.3) is 11.8 Å². The summed E-state index contributed by atoms with van der Waals surface area (Å²) in [6.07, 6.45) is 4.23. The van der Waals surface area contributed by atoms with Crippen LogP contribution in [0.15, 0.2) is 91.0 Å². The van der Waals surface area contributed by atoms with E-state index in [-0.39, 0.29) is 24.7 Å². The van der Waals surface area contributed by atoms with Crippen LogP contribution in [-0.4, -0.2) is 70.8 Å². The summed E-state index contributed by atoms with van der Waals surface area (Å²) < 4.78 is 0. The van der Waals surface area contributed by atoms with Crippen LogP contribution in [0.2, 0.25) is 0 Å². The van der Waals surface area contributed by atoms with Gasteiger partial charge in [-0.1, -0.05) is 54.6 Å². The van der Waals surface area contributed by atoms with E-state index in [4.69, 9.17) is 0 Å². The van der Waals surface area contributed by atoms with Gasteiger partial charge < -0.3 is 10.0 Å². The number of benzene rings is 4. The van der Waals surface area contributed by atoms with Crippen LogP contribution in [0.25, 0.3) is 0 Å². The maximum absolute atomic E-state index is 13.3. The molecule has 2 saturated heterocycles. The fourth-order valence-electron chi connectivity index (χ4n) is 8.77. The number of piperidine rings is 2. The van der Waals surface area contributed by atoms with Crippen molar-refractivity contribution in [3.05, 3.63) is 130 Å². The molecule has 1 aliphatic carbocycles. The maximum Gasteiger partial charge on any atom is 0.262 e. The van der Waals surface area contributed by atoms with E-state index in [1.54, 1.807) is 12.1 Å². The van der Waals surface area contributed by atoms with Gasteiger partial charge in [-0.15, -0.1) is 0 Å². The number of nitrogens with zero attached hydrogens (tertiary/aromatic N) is 3. The van der Waals surface area contributed by atoms with Crippen LogP contribution in [0, 0.1) is 0 Å². The SMILES string of the molecule is CN(Cc1ccc2c(c1)C(=O)N(C1CCC(=O)NC1=O)C2=O)C1CCN(c2ccc([C@@H]3c4ccc(O)cc4CC[C@@H]3c3ccccc3)cc2)CC1. The molecule has 8 rings (SSSR count). The molecule has 51 heavy (non-hydrogen) atoms. The number of fused-ring (bicyclic) bond motifs is 2. The summed E-state index contributed by atoms with van der Waals surface area (Å²) in [4.78, 5) is 56.3. The number of aryl methyl sites for hydroxylation is 1. The Labute approximate surface area is 297 Å². The highest BCUT2D eigenvalue weighted by atomic mass is 16.3. The van der Waals surface area contributed by atoms with E-state index in [2.05, 4.69) is 82.8 Å². The molecule has 3 atom stereocenters. The molecule has 9 heteroatoms. The first-order valence-corrected chi connectivity index (χ1v) is 18.0. The molecule has 4 amide bonds. The lowest BCUT2D eigenvalue weighted by Gasteiger charge is -2.38. The van der Waals surface area contributed by atoms with E-state index in [1.165, 1.54) is 27.9 Å². The van der Waals surface area contributed by atoms with Crippen LogP contribution >= 0.6 is 0 Å². The summed E-state index contributed by atoms with van der Waals surface area (Å²) in [5, 5.41) is 12.4. The number of nitrogens with one attached hydrogen (secondary N) is 1. The number of imide groups is 2. The van der Waals surface area contributed by atoms with E-state index in [0.29, 0.717) is 35.4 Å². The van der Waals surface area contributed by atoms with Crippen LogP contribution in [0.3, 0.4) is 0 Å².